The summed E-state index contributed by atoms with van der Waals surface area (Å²) in [5.41, 5.74) is -3.42. The highest BCUT2D eigenvalue weighted by Gasteiger charge is 2.44. The molecule has 2 amide bonds. The van der Waals surface area contributed by atoms with Gasteiger partial charge in [0.1, 0.15) is 12.2 Å². The first-order valence-electron chi connectivity index (χ1n) is 7.30. The number of carbonyl (C=O) groups excluding carboxylic acids is 2. The lowest BCUT2D eigenvalue weighted by atomic mass is 10.3. The lowest BCUT2D eigenvalue weighted by Crippen LogP contribution is -2.24. The molecule has 0 saturated carbocycles. The van der Waals surface area contributed by atoms with Crippen molar-refractivity contribution in [3.8, 4) is 0 Å². The quantitative estimate of drug-likeness (QED) is 0.575. The van der Waals surface area contributed by atoms with Crippen LogP contribution in [0.2, 0.25) is 0 Å². The number of nitrogens with one attached hydrogen (secondary N) is 2. The average Bonchev–Trinajstić information content (AvgIpc) is 3.07. The Bertz CT molecular complexity index is 916. The molecule has 2 N–H and O–H groups in total. The van der Waals surface area contributed by atoms with Crippen molar-refractivity contribution >= 4 is 23.2 Å². The van der Waals surface area contributed by atoms with Crippen molar-refractivity contribution in [2.24, 2.45) is 7.05 Å². The first-order chi connectivity index (χ1) is 12.5. The van der Waals surface area contributed by atoms with Gasteiger partial charge in [-0.3, -0.25) is 29.1 Å². The van der Waals surface area contributed by atoms with Crippen molar-refractivity contribution in [2.75, 3.05) is 12.4 Å². The van der Waals surface area contributed by atoms with E-state index in [1.165, 1.54) is 25.0 Å². The van der Waals surface area contributed by atoms with E-state index in [0.717, 1.165) is 6.92 Å². The van der Waals surface area contributed by atoms with Crippen LogP contribution in [-0.4, -0.2) is 43.3 Å². The highest BCUT2D eigenvalue weighted by Crippen LogP contribution is 2.36. The van der Waals surface area contributed by atoms with E-state index in [2.05, 4.69) is 20.8 Å². The van der Waals surface area contributed by atoms with Crippen LogP contribution in [0.1, 0.15) is 21.9 Å². The summed E-state index contributed by atoms with van der Waals surface area (Å²) in [5.74, 6) is -1.43. The fourth-order valence-electron chi connectivity index (χ4n) is 2.29. The molecule has 0 unspecified atom stereocenters. The molecule has 0 bridgehead atoms. The Morgan fingerprint density at radius 1 is 1.33 bits per heavy atom. The Morgan fingerprint density at radius 3 is 2.44 bits per heavy atom. The minimum Gasteiger partial charge on any atom is -0.354 e. The van der Waals surface area contributed by atoms with Crippen LogP contribution < -0.4 is 10.6 Å². The van der Waals surface area contributed by atoms with Gasteiger partial charge in [-0.05, 0) is 6.92 Å². The number of halogens is 3. The number of rotatable bonds is 5. The third kappa shape index (κ3) is 4.04. The van der Waals surface area contributed by atoms with E-state index in [1.807, 2.05) is 0 Å². The van der Waals surface area contributed by atoms with Crippen LogP contribution >= 0.6 is 0 Å². The Balaban J connectivity index is 2.30. The number of anilines is 1. The van der Waals surface area contributed by atoms with E-state index in [-0.39, 0.29) is 11.4 Å². The Hall–Kier alpha value is -3.45. The Labute approximate surface area is 149 Å². The molecule has 2 heterocycles. The second-order valence-electron chi connectivity index (χ2n) is 5.39. The van der Waals surface area contributed by atoms with Crippen LogP contribution in [0.15, 0.2) is 6.20 Å². The van der Waals surface area contributed by atoms with Crippen LogP contribution in [-0.2, 0) is 24.6 Å². The molecule has 14 heteroatoms. The second-order valence-corrected chi connectivity index (χ2v) is 5.39. The molecule has 0 saturated heterocycles. The van der Waals surface area contributed by atoms with Gasteiger partial charge in [-0.15, -0.1) is 0 Å². The van der Waals surface area contributed by atoms with Gasteiger partial charge in [-0.25, -0.2) is 0 Å². The fraction of sp³-hybridized carbons (Fsp3) is 0.385. The molecule has 27 heavy (non-hydrogen) atoms. The normalized spacial score (nSPS) is 11.3. The fourth-order valence-corrected chi connectivity index (χ4v) is 2.29. The maximum atomic E-state index is 12.9. The molecule has 11 nitrogen and oxygen atoms in total. The Kier molecular flexibility index (Phi) is 5.19. The van der Waals surface area contributed by atoms with Crippen molar-refractivity contribution < 1.29 is 27.7 Å². The van der Waals surface area contributed by atoms with Crippen LogP contribution in [0.3, 0.4) is 0 Å². The molecule has 146 valence electrons. The zero-order valence-corrected chi connectivity index (χ0v) is 14.3. The van der Waals surface area contributed by atoms with Crippen molar-refractivity contribution in [1.29, 1.82) is 0 Å². The van der Waals surface area contributed by atoms with Crippen LogP contribution in [0.4, 0.5) is 24.5 Å². The van der Waals surface area contributed by atoms with Crippen LogP contribution in [0.5, 0.6) is 0 Å². The topological polar surface area (TPSA) is 137 Å². The summed E-state index contributed by atoms with van der Waals surface area (Å²) in [6, 6.07) is 0. The van der Waals surface area contributed by atoms with Crippen LogP contribution in [0, 0.1) is 17.0 Å². The van der Waals surface area contributed by atoms with Crippen molar-refractivity contribution in [3.05, 3.63) is 33.4 Å². The lowest BCUT2D eigenvalue weighted by molar-refractivity contribution is -0.388. The molecule has 0 aliphatic rings. The number of aryl methyl sites for hydroxylation is 1. The predicted molar refractivity (Wildman–Crippen MR) is 83.8 cm³/mol. The third-order valence-electron chi connectivity index (χ3n) is 3.46. The minimum absolute atomic E-state index is 0.0252. The number of amides is 2. The first-order valence-corrected chi connectivity index (χ1v) is 7.30. The maximum absolute atomic E-state index is 12.9. The van der Waals surface area contributed by atoms with Gasteiger partial charge in [-0.2, -0.15) is 23.4 Å². The van der Waals surface area contributed by atoms with E-state index in [9.17, 15) is 32.9 Å². The molecule has 2 aromatic heterocycles. The largest absolute Gasteiger partial charge is 0.442 e. The molecule has 0 aliphatic carbocycles. The van der Waals surface area contributed by atoms with Crippen molar-refractivity contribution in [1.82, 2.24) is 24.9 Å². The van der Waals surface area contributed by atoms with E-state index in [4.69, 9.17) is 0 Å². The number of nitrogens with zero attached hydrogens (tertiary/aromatic N) is 5. The number of alkyl halides is 3. The van der Waals surface area contributed by atoms with Gasteiger partial charge in [0.05, 0.1) is 10.6 Å². The molecule has 0 radical (unpaired) electrons. The number of carbonyl (C=O) groups is 2. The minimum atomic E-state index is -5.05. The summed E-state index contributed by atoms with van der Waals surface area (Å²) in [6.07, 6.45) is -3.73. The highest BCUT2D eigenvalue weighted by molar-refractivity contribution is 6.02. The smallest absolute Gasteiger partial charge is 0.354 e. The standard InChI is InChI=1S/C13H14F3N7O4/c1-6-10(23(26)27)11(13(14,15)16)20-22(6)5-8(24)18-7-4-21(3)19-9(7)12(25)17-2/h4H,5H2,1-3H3,(H,17,25)(H,18,24). The number of nitro groups is 1. The SMILES string of the molecule is CNC(=O)c1nn(C)cc1NC(=O)Cn1nc(C(F)(F)F)c([N+](=O)[O-])c1C. The first kappa shape index (κ1) is 19.9. The van der Waals surface area contributed by atoms with Crippen molar-refractivity contribution in [2.45, 2.75) is 19.6 Å². The highest BCUT2D eigenvalue weighted by atomic mass is 19.4. The Morgan fingerprint density at radius 2 is 1.96 bits per heavy atom. The van der Waals surface area contributed by atoms with E-state index in [1.54, 1.807) is 0 Å². The molecule has 0 aromatic carbocycles. The van der Waals surface area contributed by atoms with Crippen molar-refractivity contribution in [3.63, 3.8) is 0 Å². The molecular formula is C13H14F3N7O4. The molecule has 0 aliphatic heterocycles. The number of aromatic nitrogens is 4. The summed E-state index contributed by atoms with van der Waals surface area (Å²) >= 11 is 0. The summed E-state index contributed by atoms with van der Waals surface area (Å²) in [6.45, 7) is 0.318. The van der Waals surface area contributed by atoms with Gasteiger partial charge in [0.25, 0.3) is 5.91 Å². The molecule has 0 fully saturated rings. The predicted octanol–water partition coefficient (Wildman–Crippen LogP) is 0.850. The van der Waals surface area contributed by atoms with Gasteiger partial charge >= 0.3 is 11.9 Å². The number of hydrogen-bond acceptors (Lipinski definition) is 6. The monoisotopic (exact) mass is 389 g/mol. The molecule has 0 atom stereocenters. The zero-order chi connectivity index (χ0) is 20.5. The van der Waals surface area contributed by atoms with Crippen LogP contribution in [0.25, 0.3) is 0 Å². The second kappa shape index (κ2) is 7.05. The maximum Gasteiger partial charge on any atom is 0.442 e. The molecular weight excluding hydrogens is 375 g/mol. The van der Waals surface area contributed by atoms with Gasteiger partial charge in [0.2, 0.25) is 11.6 Å². The van der Waals surface area contributed by atoms with Gasteiger partial charge in [-0.1, -0.05) is 0 Å². The lowest BCUT2D eigenvalue weighted by Gasteiger charge is -2.06. The zero-order valence-electron chi connectivity index (χ0n) is 14.3. The van der Waals surface area contributed by atoms with E-state index in [0.29, 0.717) is 4.68 Å². The molecule has 2 aromatic rings. The summed E-state index contributed by atoms with van der Waals surface area (Å²) < 4.78 is 40.6. The third-order valence-corrected chi connectivity index (χ3v) is 3.46. The molecule has 2 rings (SSSR count). The summed E-state index contributed by atoms with van der Waals surface area (Å²) in [5, 5.41) is 22.6. The average molecular weight is 389 g/mol. The summed E-state index contributed by atoms with van der Waals surface area (Å²) in [4.78, 5) is 33.6. The van der Waals surface area contributed by atoms with E-state index >= 15 is 0 Å². The molecule has 0 spiro atoms. The van der Waals surface area contributed by atoms with Gasteiger partial charge in [0, 0.05) is 20.3 Å². The number of hydrogen-bond donors (Lipinski definition) is 2. The van der Waals surface area contributed by atoms with E-state index < -0.39 is 46.5 Å². The summed E-state index contributed by atoms with van der Waals surface area (Å²) in [7, 11) is 2.85. The van der Waals surface area contributed by atoms with Gasteiger partial charge < -0.3 is 10.6 Å². The van der Waals surface area contributed by atoms with Gasteiger partial charge in [0.15, 0.2) is 5.69 Å².